The molecule has 0 saturated heterocycles. The number of hydrogen-bond donors (Lipinski definition) is 0. The molecule has 0 saturated carbocycles. The fourth-order valence-electron chi connectivity index (χ4n) is 2.35. The molecule has 2 amide bonds. The number of nitrogens with zero attached hydrogens (tertiary/aromatic N) is 5. The maximum absolute atomic E-state index is 12.2. The number of benzene rings is 1. The van der Waals surface area contributed by atoms with Crippen LogP contribution in [0.5, 0.6) is 0 Å². The molecule has 122 valence electrons. The molecule has 0 fully saturated rings. The highest BCUT2D eigenvalue weighted by molar-refractivity contribution is 6.21. The quantitative estimate of drug-likeness (QED) is 0.658. The van der Waals surface area contributed by atoms with Crippen LogP contribution in [0.2, 0.25) is 0 Å². The van der Waals surface area contributed by atoms with Crippen LogP contribution in [-0.4, -0.2) is 42.8 Å². The highest BCUT2D eigenvalue weighted by atomic mass is 16.7. The summed E-state index contributed by atoms with van der Waals surface area (Å²) in [7, 11) is 0. The van der Waals surface area contributed by atoms with Gasteiger partial charge in [-0.2, -0.15) is 0 Å². The molecule has 0 radical (unpaired) electrons. The predicted octanol–water partition coefficient (Wildman–Crippen LogP) is 1.03. The van der Waals surface area contributed by atoms with E-state index in [1.807, 2.05) is 0 Å². The van der Waals surface area contributed by atoms with E-state index in [0.29, 0.717) is 10.8 Å². The monoisotopic (exact) mass is 335 g/mol. The molecule has 9 nitrogen and oxygen atoms in total. The third-order valence-electron chi connectivity index (χ3n) is 3.54. The summed E-state index contributed by atoms with van der Waals surface area (Å²) in [5.74, 6) is -2.37. The predicted molar refractivity (Wildman–Crippen MR) is 81.5 cm³/mol. The first-order chi connectivity index (χ1) is 12.1. The van der Waals surface area contributed by atoms with E-state index in [2.05, 4.69) is 15.3 Å². The minimum atomic E-state index is -0.968. The molecule has 2 aromatic heterocycles. The van der Waals surface area contributed by atoms with Crippen LogP contribution in [0.25, 0.3) is 5.69 Å². The van der Waals surface area contributed by atoms with Crippen molar-refractivity contribution in [3.8, 4) is 5.69 Å². The summed E-state index contributed by atoms with van der Waals surface area (Å²) in [5, 5.41) is 7.92. The second-order valence-electron chi connectivity index (χ2n) is 5.09. The third-order valence-corrected chi connectivity index (χ3v) is 3.54. The molecule has 1 aliphatic heterocycles. The van der Waals surface area contributed by atoms with Crippen LogP contribution in [0.4, 0.5) is 0 Å². The largest absolute Gasteiger partial charge is 0.385 e. The number of pyridine rings is 1. The standard InChI is InChI=1S/C16H9N5O4/c22-14-11-5-1-2-6-12(11)15(23)21(14)25-16(24)13-9-20(19-18-13)10-4-3-7-17-8-10/h1-9H. The number of amides is 2. The molecule has 0 N–H and O–H groups in total. The number of fused-ring (bicyclic) bond motifs is 1. The van der Waals surface area contributed by atoms with Crippen molar-refractivity contribution in [1.29, 1.82) is 0 Å². The average Bonchev–Trinajstić information content (AvgIpc) is 3.23. The zero-order valence-corrected chi connectivity index (χ0v) is 12.6. The number of hydroxylamine groups is 2. The van der Waals surface area contributed by atoms with Gasteiger partial charge < -0.3 is 4.84 Å². The van der Waals surface area contributed by atoms with Gasteiger partial charge in [-0.05, 0) is 24.3 Å². The molecule has 1 aliphatic rings. The van der Waals surface area contributed by atoms with E-state index < -0.39 is 17.8 Å². The van der Waals surface area contributed by atoms with Crippen molar-refractivity contribution in [1.82, 2.24) is 25.0 Å². The minimum Gasteiger partial charge on any atom is -0.322 e. The first-order valence-electron chi connectivity index (χ1n) is 7.18. The molecule has 3 aromatic rings. The van der Waals surface area contributed by atoms with Crippen molar-refractivity contribution in [2.75, 3.05) is 0 Å². The van der Waals surface area contributed by atoms with Crippen LogP contribution in [0.15, 0.2) is 55.0 Å². The van der Waals surface area contributed by atoms with E-state index in [4.69, 9.17) is 4.84 Å². The number of aromatic nitrogens is 4. The van der Waals surface area contributed by atoms with Crippen LogP contribution in [0.3, 0.4) is 0 Å². The summed E-state index contributed by atoms with van der Waals surface area (Å²) >= 11 is 0. The van der Waals surface area contributed by atoms with Crippen molar-refractivity contribution in [2.24, 2.45) is 0 Å². The Morgan fingerprint density at radius 1 is 1.00 bits per heavy atom. The second kappa shape index (κ2) is 5.64. The summed E-state index contributed by atoms with van der Waals surface area (Å²) in [6.45, 7) is 0. The lowest BCUT2D eigenvalue weighted by Gasteiger charge is -2.11. The van der Waals surface area contributed by atoms with E-state index in [-0.39, 0.29) is 16.8 Å². The van der Waals surface area contributed by atoms with Crippen LogP contribution in [-0.2, 0) is 4.84 Å². The second-order valence-corrected chi connectivity index (χ2v) is 5.09. The minimum absolute atomic E-state index is 0.152. The third kappa shape index (κ3) is 2.43. The fraction of sp³-hybridized carbons (Fsp3) is 0. The molecular formula is C16H9N5O4. The lowest BCUT2D eigenvalue weighted by atomic mass is 10.1. The lowest BCUT2D eigenvalue weighted by molar-refractivity contribution is -0.0588. The first kappa shape index (κ1) is 14.7. The molecule has 0 spiro atoms. The summed E-state index contributed by atoms with van der Waals surface area (Å²) in [5.41, 5.74) is 0.800. The van der Waals surface area contributed by atoms with Gasteiger partial charge in [0.25, 0.3) is 11.8 Å². The maximum atomic E-state index is 12.2. The average molecular weight is 335 g/mol. The highest BCUT2D eigenvalue weighted by Gasteiger charge is 2.39. The molecular weight excluding hydrogens is 326 g/mol. The zero-order valence-electron chi connectivity index (χ0n) is 12.6. The number of rotatable bonds is 3. The van der Waals surface area contributed by atoms with Crippen LogP contribution < -0.4 is 0 Å². The van der Waals surface area contributed by atoms with E-state index in [9.17, 15) is 14.4 Å². The number of carbonyl (C=O) groups is 3. The van der Waals surface area contributed by atoms with Gasteiger partial charge in [0.2, 0.25) is 0 Å². The van der Waals surface area contributed by atoms with Gasteiger partial charge in [-0.25, -0.2) is 9.48 Å². The van der Waals surface area contributed by atoms with E-state index in [0.717, 1.165) is 0 Å². The van der Waals surface area contributed by atoms with Crippen LogP contribution in [0, 0.1) is 0 Å². The van der Waals surface area contributed by atoms with Crippen LogP contribution >= 0.6 is 0 Å². The van der Waals surface area contributed by atoms with Gasteiger partial charge >= 0.3 is 5.97 Å². The van der Waals surface area contributed by atoms with Crippen molar-refractivity contribution < 1.29 is 19.2 Å². The Bertz CT molecular complexity index is 964. The molecule has 1 aromatic carbocycles. The SMILES string of the molecule is O=C(ON1C(=O)c2ccccc2C1=O)c1cn(-c2cccnc2)nn1. The van der Waals surface area contributed by atoms with Crippen molar-refractivity contribution >= 4 is 17.8 Å². The van der Waals surface area contributed by atoms with Crippen molar-refractivity contribution in [2.45, 2.75) is 0 Å². The molecule has 0 atom stereocenters. The van der Waals surface area contributed by atoms with Gasteiger partial charge in [0.15, 0.2) is 5.69 Å². The van der Waals surface area contributed by atoms with E-state index >= 15 is 0 Å². The maximum Gasteiger partial charge on any atom is 0.385 e. The smallest absolute Gasteiger partial charge is 0.322 e. The molecule has 0 bridgehead atoms. The normalized spacial score (nSPS) is 13.0. The summed E-state index contributed by atoms with van der Waals surface area (Å²) in [6.07, 6.45) is 4.45. The Labute approximate surface area is 140 Å². The van der Waals surface area contributed by atoms with Gasteiger partial charge in [-0.3, -0.25) is 14.6 Å². The van der Waals surface area contributed by atoms with Gasteiger partial charge in [0, 0.05) is 6.20 Å². The van der Waals surface area contributed by atoms with Crippen molar-refractivity contribution in [3.63, 3.8) is 0 Å². The van der Waals surface area contributed by atoms with Gasteiger partial charge in [0.05, 0.1) is 29.2 Å². The summed E-state index contributed by atoms with van der Waals surface area (Å²) < 4.78 is 1.33. The number of carbonyl (C=O) groups excluding carboxylic acids is 3. The highest BCUT2D eigenvalue weighted by Crippen LogP contribution is 2.23. The van der Waals surface area contributed by atoms with Gasteiger partial charge in [-0.15, -0.1) is 5.10 Å². The Kier molecular flexibility index (Phi) is 3.31. The molecule has 3 heterocycles. The Balaban J connectivity index is 1.55. The van der Waals surface area contributed by atoms with Gasteiger partial charge in [-0.1, -0.05) is 22.4 Å². The Hall–Kier alpha value is -3.88. The topological polar surface area (TPSA) is 107 Å². The first-order valence-corrected chi connectivity index (χ1v) is 7.18. The zero-order chi connectivity index (χ0) is 17.4. The molecule has 25 heavy (non-hydrogen) atoms. The van der Waals surface area contributed by atoms with Gasteiger partial charge in [0.1, 0.15) is 0 Å². The number of imide groups is 1. The Morgan fingerprint density at radius 3 is 2.36 bits per heavy atom. The summed E-state index contributed by atoms with van der Waals surface area (Å²) in [6, 6.07) is 9.64. The van der Waals surface area contributed by atoms with E-state index in [1.54, 1.807) is 30.5 Å². The van der Waals surface area contributed by atoms with Crippen molar-refractivity contribution in [3.05, 3.63) is 71.8 Å². The molecule has 0 unspecified atom stereocenters. The lowest BCUT2D eigenvalue weighted by Crippen LogP contribution is -2.32. The molecule has 4 rings (SSSR count). The Morgan fingerprint density at radius 2 is 1.72 bits per heavy atom. The van der Waals surface area contributed by atoms with E-state index in [1.165, 1.54) is 29.2 Å². The van der Waals surface area contributed by atoms with Crippen LogP contribution in [0.1, 0.15) is 31.2 Å². The number of hydrogen-bond acceptors (Lipinski definition) is 7. The summed E-state index contributed by atoms with van der Waals surface area (Å²) in [4.78, 5) is 45.4. The fourth-order valence-corrected chi connectivity index (χ4v) is 2.35. The molecule has 9 heteroatoms. The molecule has 0 aliphatic carbocycles.